The minimum Gasteiger partial charge on any atom is -0.465 e. The molecule has 0 fully saturated rings. The van der Waals surface area contributed by atoms with Crippen molar-refractivity contribution >= 4 is 17.8 Å². The van der Waals surface area contributed by atoms with E-state index in [1.165, 1.54) is 7.11 Å². The van der Waals surface area contributed by atoms with Gasteiger partial charge in [-0.05, 0) is 58.9 Å². The van der Waals surface area contributed by atoms with E-state index in [9.17, 15) is 14.4 Å². The number of amides is 1. The van der Waals surface area contributed by atoms with Crippen molar-refractivity contribution in [2.45, 2.75) is 40.2 Å². The Labute approximate surface area is 164 Å². The smallest absolute Gasteiger partial charge is 0.408 e. The number of esters is 1. The number of benzene rings is 1. The first kappa shape index (κ1) is 21.2. The van der Waals surface area contributed by atoms with Crippen LogP contribution in [0.2, 0.25) is 0 Å². The largest absolute Gasteiger partial charge is 0.465 e. The van der Waals surface area contributed by atoms with Crippen LogP contribution in [0.25, 0.3) is 5.69 Å². The van der Waals surface area contributed by atoms with Gasteiger partial charge in [0.2, 0.25) is 0 Å². The van der Waals surface area contributed by atoms with Gasteiger partial charge in [0.25, 0.3) is 0 Å². The molecule has 0 aliphatic carbocycles. The van der Waals surface area contributed by atoms with Crippen LogP contribution in [0.5, 0.6) is 0 Å². The Hall–Kier alpha value is -3.09. The van der Waals surface area contributed by atoms with E-state index in [-0.39, 0.29) is 12.3 Å². The van der Waals surface area contributed by atoms with Crippen molar-refractivity contribution in [2.24, 2.45) is 0 Å². The molecule has 0 saturated heterocycles. The van der Waals surface area contributed by atoms with E-state index in [0.717, 1.165) is 11.4 Å². The maximum absolute atomic E-state index is 12.6. The van der Waals surface area contributed by atoms with Crippen LogP contribution in [0, 0.1) is 13.8 Å². The van der Waals surface area contributed by atoms with Crippen LogP contribution in [-0.4, -0.2) is 41.7 Å². The molecule has 2 aromatic rings. The molecule has 2 rings (SSSR count). The number of nitrogens with zero attached hydrogens (tertiary/aromatic N) is 1. The van der Waals surface area contributed by atoms with Crippen LogP contribution >= 0.6 is 0 Å². The summed E-state index contributed by atoms with van der Waals surface area (Å²) in [5.41, 5.74) is 2.45. The fourth-order valence-corrected chi connectivity index (χ4v) is 2.79. The Bertz CT molecular complexity index is 887. The number of aryl methyl sites for hydroxylation is 2. The second-order valence-corrected chi connectivity index (χ2v) is 7.45. The highest BCUT2D eigenvalue weighted by molar-refractivity contribution is 6.01. The first-order valence-electron chi connectivity index (χ1n) is 8.91. The molecule has 0 radical (unpaired) electrons. The molecule has 1 amide bonds. The number of hydrogen-bond acceptors (Lipinski definition) is 5. The Kier molecular flexibility index (Phi) is 6.28. The molecule has 7 heteroatoms. The molecule has 0 unspecified atom stereocenters. The van der Waals surface area contributed by atoms with Crippen molar-refractivity contribution in [1.82, 2.24) is 9.88 Å². The maximum atomic E-state index is 12.6. The summed E-state index contributed by atoms with van der Waals surface area (Å²) in [5, 5.41) is 2.45. The second-order valence-electron chi connectivity index (χ2n) is 7.45. The summed E-state index contributed by atoms with van der Waals surface area (Å²) in [6.45, 7) is 8.84. The van der Waals surface area contributed by atoms with Crippen LogP contribution < -0.4 is 5.32 Å². The lowest BCUT2D eigenvalue weighted by Crippen LogP contribution is -2.35. The minimum atomic E-state index is -0.663. The third-order valence-corrected chi connectivity index (χ3v) is 4.03. The fourth-order valence-electron chi connectivity index (χ4n) is 2.79. The SMILES string of the molecule is COC(=O)c1ccc(C(=O)CNC(=O)OC(C)(C)C)cc1-n1c(C)ccc1C. The lowest BCUT2D eigenvalue weighted by molar-refractivity contribution is 0.0519. The third-order valence-electron chi connectivity index (χ3n) is 4.03. The number of ketones is 1. The van der Waals surface area contributed by atoms with Gasteiger partial charge in [-0.15, -0.1) is 0 Å². The lowest BCUT2D eigenvalue weighted by Gasteiger charge is -2.19. The van der Waals surface area contributed by atoms with Gasteiger partial charge in [0.15, 0.2) is 5.78 Å². The van der Waals surface area contributed by atoms with E-state index in [0.29, 0.717) is 16.8 Å². The van der Waals surface area contributed by atoms with Gasteiger partial charge in [0.1, 0.15) is 5.60 Å². The summed E-state index contributed by atoms with van der Waals surface area (Å²) in [4.78, 5) is 36.5. The molecular weight excluding hydrogens is 360 g/mol. The van der Waals surface area contributed by atoms with Crippen molar-refractivity contribution in [3.05, 3.63) is 52.8 Å². The predicted octanol–water partition coefficient (Wildman–Crippen LogP) is 3.59. The summed E-state index contributed by atoms with van der Waals surface area (Å²) >= 11 is 0. The summed E-state index contributed by atoms with van der Waals surface area (Å²) in [5.74, 6) is -0.792. The van der Waals surface area contributed by atoms with Gasteiger partial charge in [-0.25, -0.2) is 9.59 Å². The number of nitrogens with one attached hydrogen (secondary N) is 1. The van der Waals surface area contributed by atoms with Gasteiger partial charge in [-0.2, -0.15) is 0 Å². The molecule has 0 atom stereocenters. The molecule has 1 aromatic carbocycles. The highest BCUT2D eigenvalue weighted by Gasteiger charge is 2.20. The molecule has 28 heavy (non-hydrogen) atoms. The van der Waals surface area contributed by atoms with E-state index in [2.05, 4.69) is 5.32 Å². The topological polar surface area (TPSA) is 86.6 Å². The molecule has 0 aliphatic heterocycles. The van der Waals surface area contributed by atoms with Gasteiger partial charge in [-0.1, -0.05) is 6.07 Å². The van der Waals surface area contributed by atoms with Crippen molar-refractivity contribution < 1.29 is 23.9 Å². The Morgan fingerprint density at radius 1 is 1.04 bits per heavy atom. The number of alkyl carbamates (subject to hydrolysis) is 1. The second kappa shape index (κ2) is 8.29. The minimum absolute atomic E-state index is 0.213. The maximum Gasteiger partial charge on any atom is 0.408 e. The first-order chi connectivity index (χ1) is 13.0. The normalized spacial score (nSPS) is 11.1. The monoisotopic (exact) mass is 386 g/mol. The van der Waals surface area contributed by atoms with Crippen LogP contribution in [0.1, 0.15) is 52.9 Å². The van der Waals surface area contributed by atoms with Crippen molar-refractivity contribution in [3.8, 4) is 5.69 Å². The van der Waals surface area contributed by atoms with Gasteiger partial charge in [-0.3, -0.25) is 4.79 Å². The summed E-state index contributed by atoms with van der Waals surface area (Å²) in [7, 11) is 1.31. The predicted molar refractivity (Wildman–Crippen MR) is 105 cm³/mol. The first-order valence-corrected chi connectivity index (χ1v) is 8.91. The van der Waals surface area contributed by atoms with Crippen LogP contribution in [0.4, 0.5) is 4.79 Å². The molecule has 1 heterocycles. The van der Waals surface area contributed by atoms with Gasteiger partial charge < -0.3 is 19.4 Å². The van der Waals surface area contributed by atoms with E-state index in [1.54, 1.807) is 39.0 Å². The number of Topliss-reactive ketones (excluding diaryl/α,β-unsaturated/α-hetero) is 1. The average Bonchev–Trinajstić information content (AvgIpc) is 2.95. The van der Waals surface area contributed by atoms with Crippen molar-refractivity contribution in [3.63, 3.8) is 0 Å². The quantitative estimate of drug-likeness (QED) is 0.627. The Morgan fingerprint density at radius 2 is 1.64 bits per heavy atom. The highest BCUT2D eigenvalue weighted by atomic mass is 16.6. The van der Waals surface area contributed by atoms with E-state index < -0.39 is 17.7 Å². The van der Waals surface area contributed by atoms with Crippen LogP contribution in [0.3, 0.4) is 0 Å². The van der Waals surface area contributed by atoms with Crippen molar-refractivity contribution in [1.29, 1.82) is 0 Å². The van der Waals surface area contributed by atoms with E-state index in [1.807, 2.05) is 30.5 Å². The number of carbonyl (C=O) groups excluding carboxylic acids is 3. The average molecular weight is 386 g/mol. The number of rotatable bonds is 5. The zero-order chi connectivity index (χ0) is 21.1. The number of methoxy groups -OCH3 is 1. The standard InChI is InChI=1S/C21H26N2O5/c1-13-7-8-14(2)23(13)17-11-15(9-10-16(17)19(25)27-6)18(24)12-22-20(26)28-21(3,4)5/h7-11H,12H2,1-6H3,(H,22,26). The Balaban J connectivity index is 2.32. The molecule has 1 aromatic heterocycles. The van der Waals surface area contributed by atoms with Gasteiger partial charge >= 0.3 is 12.1 Å². The zero-order valence-electron chi connectivity index (χ0n) is 17.1. The molecule has 0 spiro atoms. The number of ether oxygens (including phenoxy) is 2. The molecule has 1 N–H and O–H groups in total. The number of carbonyl (C=O) groups is 3. The summed E-state index contributed by atoms with van der Waals surface area (Å²) in [6.07, 6.45) is -0.663. The van der Waals surface area contributed by atoms with E-state index >= 15 is 0 Å². The highest BCUT2D eigenvalue weighted by Crippen LogP contribution is 2.23. The molecular formula is C21H26N2O5. The zero-order valence-corrected chi connectivity index (χ0v) is 17.1. The lowest BCUT2D eigenvalue weighted by atomic mass is 10.0. The van der Waals surface area contributed by atoms with E-state index in [4.69, 9.17) is 9.47 Å². The molecule has 7 nitrogen and oxygen atoms in total. The fraction of sp³-hybridized carbons (Fsp3) is 0.381. The third kappa shape index (κ3) is 5.00. The molecule has 0 bridgehead atoms. The summed E-state index contributed by atoms with van der Waals surface area (Å²) in [6, 6.07) is 8.58. The molecule has 150 valence electrons. The molecule has 0 aliphatic rings. The van der Waals surface area contributed by atoms with Crippen LogP contribution in [-0.2, 0) is 9.47 Å². The Morgan fingerprint density at radius 3 is 2.18 bits per heavy atom. The number of aromatic nitrogens is 1. The van der Waals surface area contributed by atoms with Gasteiger partial charge in [0, 0.05) is 17.0 Å². The summed E-state index contributed by atoms with van der Waals surface area (Å²) < 4.78 is 11.9. The van der Waals surface area contributed by atoms with Gasteiger partial charge in [0.05, 0.1) is 24.9 Å². The van der Waals surface area contributed by atoms with Crippen molar-refractivity contribution in [2.75, 3.05) is 13.7 Å². The molecule has 0 saturated carbocycles. The number of hydrogen-bond donors (Lipinski definition) is 1. The van der Waals surface area contributed by atoms with Crippen LogP contribution in [0.15, 0.2) is 30.3 Å².